The fourth-order valence-corrected chi connectivity index (χ4v) is 3.36. The number of ether oxygens (including phenoxy) is 1. The number of carbonyl (C=O) groups is 2. The van der Waals surface area contributed by atoms with Crippen LogP contribution in [0.5, 0.6) is 0 Å². The average molecular weight is 320 g/mol. The number of nitriles is 1. The van der Waals surface area contributed by atoms with Gasteiger partial charge < -0.3 is 10.1 Å². The molecule has 0 fully saturated rings. The van der Waals surface area contributed by atoms with E-state index < -0.39 is 5.97 Å². The number of rotatable bonds is 4. The van der Waals surface area contributed by atoms with Crippen LogP contribution in [0, 0.1) is 18.3 Å². The van der Waals surface area contributed by atoms with E-state index in [1.165, 1.54) is 11.3 Å². The molecule has 0 atom stereocenters. The lowest BCUT2D eigenvalue weighted by atomic mass is 10.2. The van der Waals surface area contributed by atoms with Gasteiger partial charge in [0.25, 0.3) is 5.91 Å². The topological polar surface area (TPSA) is 79.2 Å². The van der Waals surface area contributed by atoms with E-state index in [2.05, 4.69) is 5.32 Å². The van der Waals surface area contributed by atoms with Crippen LogP contribution < -0.4 is 5.32 Å². The Bertz CT molecular complexity index is 711. The summed E-state index contributed by atoms with van der Waals surface area (Å²) in [5, 5.41) is 14.1. The van der Waals surface area contributed by atoms with Crippen molar-refractivity contribution in [3.05, 3.63) is 38.4 Å². The van der Waals surface area contributed by atoms with E-state index >= 15 is 0 Å². The van der Waals surface area contributed by atoms with Crippen LogP contribution in [0.4, 0.5) is 5.00 Å². The first-order valence-electron chi connectivity index (χ1n) is 6.14. The fourth-order valence-electron chi connectivity index (χ4n) is 1.70. The number of hydrogen-bond donors (Lipinski definition) is 1. The summed E-state index contributed by atoms with van der Waals surface area (Å²) < 4.78 is 4.95. The predicted molar refractivity (Wildman–Crippen MR) is 82.0 cm³/mol. The molecular weight excluding hydrogens is 308 g/mol. The Balaban J connectivity index is 2.32. The number of nitrogens with zero attached hydrogens (tertiary/aromatic N) is 1. The van der Waals surface area contributed by atoms with Gasteiger partial charge in [0.05, 0.1) is 17.0 Å². The van der Waals surface area contributed by atoms with Crippen molar-refractivity contribution in [3.8, 4) is 6.07 Å². The Hall–Kier alpha value is -2.17. The lowest BCUT2D eigenvalue weighted by molar-refractivity contribution is 0.0531. The highest BCUT2D eigenvalue weighted by Crippen LogP contribution is 2.33. The first-order valence-corrected chi connectivity index (χ1v) is 7.83. The summed E-state index contributed by atoms with van der Waals surface area (Å²) in [7, 11) is 0. The molecule has 0 unspecified atom stereocenters. The Morgan fingerprint density at radius 2 is 2.24 bits per heavy atom. The summed E-state index contributed by atoms with van der Waals surface area (Å²) in [6.07, 6.45) is 0. The summed E-state index contributed by atoms with van der Waals surface area (Å²) in [4.78, 5) is 24.8. The smallest absolute Gasteiger partial charge is 0.348 e. The third-order valence-electron chi connectivity index (χ3n) is 2.69. The van der Waals surface area contributed by atoms with E-state index in [-0.39, 0.29) is 12.5 Å². The zero-order valence-corrected chi connectivity index (χ0v) is 13.1. The number of thiophene rings is 2. The Morgan fingerprint density at radius 1 is 1.48 bits per heavy atom. The lowest BCUT2D eigenvalue weighted by Crippen LogP contribution is -2.09. The Kier molecular flexibility index (Phi) is 4.73. The average Bonchev–Trinajstić information content (AvgIpc) is 3.07. The molecule has 21 heavy (non-hydrogen) atoms. The number of nitrogens with one attached hydrogen (secondary N) is 1. The van der Waals surface area contributed by atoms with E-state index in [4.69, 9.17) is 4.74 Å². The van der Waals surface area contributed by atoms with E-state index in [0.29, 0.717) is 25.9 Å². The van der Waals surface area contributed by atoms with E-state index in [1.54, 1.807) is 31.4 Å². The SMILES string of the molecule is CCOC(=O)c1sc(NC(=O)c2cccs2)c(C#N)c1C. The zero-order chi connectivity index (χ0) is 15.4. The Morgan fingerprint density at radius 3 is 2.81 bits per heavy atom. The predicted octanol–water partition coefficient (Wildman–Crippen LogP) is 3.42. The van der Waals surface area contributed by atoms with Gasteiger partial charge in [-0.15, -0.1) is 22.7 Å². The van der Waals surface area contributed by atoms with Crippen LogP contribution in [0.25, 0.3) is 0 Å². The monoisotopic (exact) mass is 320 g/mol. The molecule has 0 spiro atoms. The van der Waals surface area contributed by atoms with Crippen LogP contribution in [0.3, 0.4) is 0 Å². The molecule has 7 heteroatoms. The normalized spacial score (nSPS) is 9.95. The summed E-state index contributed by atoms with van der Waals surface area (Å²) in [5.41, 5.74) is 0.829. The van der Waals surface area contributed by atoms with Gasteiger partial charge in [-0.3, -0.25) is 4.79 Å². The third-order valence-corrected chi connectivity index (χ3v) is 4.75. The molecule has 0 aromatic carbocycles. The minimum atomic E-state index is -0.479. The van der Waals surface area contributed by atoms with Crippen molar-refractivity contribution in [2.24, 2.45) is 0 Å². The molecule has 2 rings (SSSR count). The number of carbonyl (C=O) groups excluding carboxylic acids is 2. The molecule has 5 nitrogen and oxygen atoms in total. The van der Waals surface area contributed by atoms with Gasteiger partial charge in [0.2, 0.25) is 0 Å². The van der Waals surface area contributed by atoms with Crippen molar-refractivity contribution in [1.29, 1.82) is 5.26 Å². The fraction of sp³-hybridized carbons (Fsp3) is 0.214. The largest absolute Gasteiger partial charge is 0.462 e. The second-order valence-corrected chi connectivity index (χ2v) is 5.99. The van der Waals surface area contributed by atoms with Gasteiger partial charge in [-0.2, -0.15) is 5.26 Å². The molecule has 2 aromatic rings. The molecule has 1 N–H and O–H groups in total. The van der Waals surface area contributed by atoms with Gasteiger partial charge in [-0.1, -0.05) is 6.07 Å². The van der Waals surface area contributed by atoms with Crippen LogP contribution in [0.1, 0.15) is 37.4 Å². The number of esters is 1. The highest BCUT2D eigenvalue weighted by atomic mass is 32.1. The van der Waals surface area contributed by atoms with Crippen molar-refractivity contribution < 1.29 is 14.3 Å². The van der Waals surface area contributed by atoms with E-state index in [9.17, 15) is 14.9 Å². The molecule has 0 aliphatic rings. The van der Waals surface area contributed by atoms with Gasteiger partial charge in [0.1, 0.15) is 15.9 Å². The molecule has 1 amide bonds. The van der Waals surface area contributed by atoms with Crippen LogP contribution in [-0.2, 0) is 4.74 Å². The molecule has 0 aliphatic carbocycles. The van der Waals surface area contributed by atoms with Gasteiger partial charge in [-0.25, -0.2) is 4.79 Å². The molecule has 2 heterocycles. The van der Waals surface area contributed by atoms with Gasteiger partial charge >= 0.3 is 5.97 Å². The van der Waals surface area contributed by atoms with E-state index in [1.807, 2.05) is 6.07 Å². The first kappa shape index (κ1) is 15.2. The van der Waals surface area contributed by atoms with Crippen LogP contribution in [-0.4, -0.2) is 18.5 Å². The lowest BCUT2D eigenvalue weighted by Gasteiger charge is -2.00. The number of amides is 1. The quantitative estimate of drug-likeness (QED) is 0.875. The second kappa shape index (κ2) is 6.52. The van der Waals surface area contributed by atoms with Crippen molar-refractivity contribution in [2.45, 2.75) is 13.8 Å². The Labute approximate surface area is 129 Å². The van der Waals surface area contributed by atoms with Crippen molar-refractivity contribution in [1.82, 2.24) is 0 Å². The zero-order valence-electron chi connectivity index (χ0n) is 11.4. The molecule has 0 radical (unpaired) electrons. The van der Waals surface area contributed by atoms with Crippen molar-refractivity contribution in [2.75, 3.05) is 11.9 Å². The summed E-state index contributed by atoms with van der Waals surface area (Å²) in [5.74, 6) is -0.772. The summed E-state index contributed by atoms with van der Waals surface area (Å²) in [6, 6.07) is 5.49. The van der Waals surface area contributed by atoms with Crippen LogP contribution >= 0.6 is 22.7 Å². The van der Waals surface area contributed by atoms with Crippen LogP contribution in [0.15, 0.2) is 17.5 Å². The second-order valence-electron chi connectivity index (χ2n) is 4.02. The molecule has 2 aromatic heterocycles. The summed E-state index contributed by atoms with van der Waals surface area (Å²) >= 11 is 2.37. The minimum Gasteiger partial charge on any atom is -0.462 e. The maximum atomic E-state index is 12.0. The molecular formula is C14H12N2O3S2. The van der Waals surface area contributed by atoms with E-state index in [0.717, 1.165) is 11.3 Å². The highest BCUT2D eigenvalue weighted by Gasteiger charge is 2.22. The summed E-state index contributed by atoms with van der Waals surface area (Å²) in [6.45, 7) is 3.64. The first-order chi connectivity index (χ1) is 10.1. The number of anilines is 1. The minimum absolute atomic E-state index is 0.259. The molecule has 0 aliphatic heterocycles. The third kappa shape index (κ3) is 3.12. The number of hydrogen-bond acceptors (Lipinski definition) is 6. The highest BCUT2D eigenvalue weighted by molar-refractivity contribution is 7.18. The molecule has 0 saturated carbocycles. The molecule has 0 bridgehead atoms. The van der Waals surface area contributed by atoms with Crippen molar-refractivity contribution in [3.63, 3.8) is 0 Å². The standard InChI is InChI=1S/C14H12N2O3S2/c1-3-19-14(18)11-8(2)9(7-15)13(21-11)16-12(17)10-5-4-6-20-10/h4-6H,3H2,1-2H3,(H,16,17). The van der Waals surface area contributed by atoms with Gasteiger partial charge in [0.15, 0.2) is 0 Å². The van der Waals surface area contributed by atoms with Crippen LogP contribution in [0.2, 0.25) is 0 Å². The molecule has 108 valence electrons. The molecule has 0 saturated heterocycles. The van der Waals surface area contributed by atoms with Gasteiger partial charge in [-0.05, 0) is 30.9 Å². The maximum Gasteiger partial charge on any atom is 0.348 e. The van der Waals surface area contributed by atoms with Crippen molar-refractivity contribution >= 4 is 39.6 Å². The van der Waals surface area contributed by atoms with Gasteiger partial charge in [0, 0.05) is 0 Å². The maximum absolute atomic E-state index is 12.0.